The van der Waals surface area contributed by atoms with Gasteiger partial charge in [0.2, 0.25) is 12.4 Å². The highest BCUT2D eigenvalue weighted by Crippen LogP contribution is 2.24. The maximum atomic E-state index is 11.0. The molecule has 1 aliphatic heterocycles. The standard InChI is InChI=1S/C21H22N6O/c28-16-26-10-12-27(13-11-26)20-14-19(17-6-2-1-3-7-17)24-21(25-20)23-15-18-8-4-5-9-22-18/h1-9,14,16H,10-13,15H2,(H,23,24,25). The van der Waals surface area contributed by atoms with Crippen molar-refractivity contribution in [1.82, 2.24) is 19.9 Å². The van der Waals surface area contributed by atoms with E-state index in [2.05, 4.69) is 15.2 Å². The van der Waals surface area contributed by atoms with Crippen molar-refractivity contribution in [2.24, 2.45) is 0 Å². The number of piperazine rings is 1. The Morgan fingerprint density at radius 2 is 1.75 bits per heavy atom. The molecule has 0 bridgehead atoms. The first-order valence-electron chi connectivity index (χ1n) is 9.34. The van der Waals surface area contributed by atoms with Gasteiger partial charge < -0.3 is 15.1 Å². The van der Waals surface area contributed by atoms with E-state index in [1.54, 1.807) is 11.1 Å². The number of nitrogens with one attached hydrogen (secondary N) is 1. The van der Waals surface area contributed by atoms with Gasteiger partial charge in [0.05, 0.1) is 17.9 Å². The summed E-state index contributed by atoms with van der Waals surface area (Å²) >= 11 is 0. The Morgan fingerprint density at radius 3 is 2.46 bits per heavy atom. The van der Waals surface area contributed by atoms with E-state index >= 15 is 0 Å². The topological polar surface area (TPSA) is 74.2 Å². The van der Waals surface area contributed by atoms with E-state index in [0.717, 1.165) is 42.3 Å². The van der Waals surface area contributed by atoms with E-state index in [1.807, 2.05) is 54.6 Å². The van der Waals surface area contributed by atoms with Crippen molar-refractivity contribution in [1.29, 1.82) is 0 Å². The molecular formula is C21H22N6O. The Bertz CT molecular complexity index is 911. The molecule has 0 unspecified atom stereocenters. The van der Waals surface area contributed by atoms with Gasteiger partial charge in [0.1, 0.15) is 5.82 Å². The van der Waals surface area contributed by atoms with Crippen molar-refractivity contribution in [2.75, 3.05) is 36.4 Å². The lowest BCUT2D eigenvalue weighted by atomic mass is 10.1. The molecule has 3 heterocycles. The molecule has 0 atom stereocenters. The first-order valence-corrected chi connectivity index (χ1v) is 9.34. The molecular weight excluding hydrogens is 352 g/mol. The summed E-state index contributed by atoms with van der Waals surface area (Å²) in [6.07, 6.45) is 2.68. The van der Waals surface area contributed by atoms with Gasteiger partial charge in [0, 0.05) is 44.0 Å². The van der Waals surface area contributed by atoms with Crippen LogP contribution in [0, 0.1) is 0 Å². The highest BCUT2D eigenvalue weighted by Gasteiger charge is 2.18. The molecule has 28 heavy (non-hydrogen) atoms. The number of hydrogen-bond acceptors (Lipinski definition) is 6. The van der Waals surface area contributed by atoms with Crippen LogP contribution in [0.4, 0.5) is 11.8 Å². The summed E-state index contributed by atoms with van der Waals surface area (Å²) in [4.78, 5) is 28.7. The molecule has 0 aliphatic carbocycles. The van der Waals surface area contributed by atoms with Gasteiger partial charge in [-0.05, 0) is 12.1 Å². The normalized spacial score (nSPS) is 14.0. The summed E-state index contributed by atoms with van der Waals surface area (Å²) in [6.45, 7) is 3.46. The summed E-state index contributed by atoms with van der Waals surface area (Å²) < 4.78 is 0. The average Bonchev–Trinajstić information content (AvgIpc) is 2.79. The average molecular weight is 374 g/mol. The highest BCUT2D eigenvalue weighted by molar-refractivity contribution is 5.65. The molecule has 1 amide bonds. The lowest BCUT2D eigenvalue weighted by Crippen LogP contribution is -2.46. The van der Waals surface area contributed by atoms with Crippen LogP contribution in [0.25, 0.3) is 11.3 Å². The third kappa shape index (κ3) is 4.25. The van der Waals surface area contributed by atoms with Gasteiger partial charge in [-0.3, -0.25) is 9.78 Å². The maximum absolute atomic E-state index is 11.0. The quantitative estimate of drug-likeness (QED) is 0.668. The number of anilines is 2. The van der Waals surface area contributed by atoms with Crippen LogP contribution in [0.5, 0.6) is 0 Å². The Morgan fingerprint density at radius 1 is 0.964 bits per heavy atom. The first-order chi connectivity index (χ1) is 13.8. The monoisotopic (exact) mass is 374 g/mol. The molecule has 1 aliphatic rings. The Hall–Kier alpha value is -3.48. The van der Waals surface area contributed by atoms with Gasteiger partial charge in [0.15, 0.2) is 0 Å². The van der Waals surface area contributed by atoms with E-state index in [9.17, 15) is 4.79 Å². The van der Waals surface area contributed by atoms with Crippen molar-refractivity contribution in [3.63, 3.8) is 0 Å². The number of pyridine rings is 1. The molecule has 0 saturated carbocycles. The Balaban J connectivity index is 1.60. The maximum Gasteiger partial charge on any atom is 0.225 e. The van der Waals surface area contributed by atoms with E-state index in [-0.39, 0.29) is 0 Å². The van der Waals surface area contributed by atoms with Gasteiger partial charge >= 0.3 is 0 Å². The summed E-state index contributed by atoms with van der Waals surface area (Å²) in [5, 5.41) is 3.29. The highest BCUT2D eigenvalue weighted by atomic mass is 16.1. The minimum atomic E-state index is 0.553. The Labute approximate surface area is 164 Å². The fourth-order valence-electron chi connectivity index (χ4n) is 3.16. The van der Waals surface area contributed by atoms with Gasteiger partial charge in [0.25, 0.3) is 0 Å². The summed E-state index contributed by atoms with van der Waals surface area (Å²) in [5.74, 6) is 1.43. The number of hydrogen-bond donors (Lipinski definition) is 1. The number of nitrogens with zero attached hydrogens (tertiary/aromatic N) is 5. The zero-order valence-corrected chi connectivity index (χ0v) is 15.5. The van der Waals surface area contributed by atoms with Crippen molar-refractivity contribution in [3.05, 3.63) is 66.5 Å². The minimum absolute atomic E-state index is 0.553. The smallest absolute Gasteiger partial charge is 0.225 e. The van der Waals surface area contributed by atoms with Crippen LogP contribution in [-0.4, -0.2) is 52.4 Å². The number of carbonyl (C=O) groups is 1. The molecule has 1 N–H and O–H groups in total. The third-order valence-corrected chi connectivity index (χ3v) is 4.72. The molecule has 1 aromatic carbocycles. The molecule has 0 spiro atoms. The molecule has 2 aromatic heterocycles. The van der Waals surface area contributed by atoms with E-state index in [4.69, 9.17) is 9.97 Å². The number of carbonyl (C=O) groups excluding carboxylic acids is 1. The van der Waals surface area contributed by atoms with Crippen LogP contribution in [0.1, 0.15) is 5.69 Å². The number of benzene rings is 1. The fraction of sp³-hybridized carbons (Fsp3) is 0.238. The number of amides is 1. The lowest BCUT2D eigenvalue weighted by molar-refractivity contribution is -0.118. The number of aromatic nitrogens is 3. The zero-order valence-electron chi connectivity index (χ0n) is 15.5. The van der Waals surface area contributed by atoms with Crippen LogP contribution in [-0.2, 0) is 11.3 Å². The molecule has 142 valence electrons. The SMILES string of the molecule is O=CN1CCN(c2cc(-c3ccccc3)nc(NCc3ccccn3)n2)CC1. The lowest BCUT2D eigenvalue weighted by Gasteiger charge is -2.33. The second-order valence-corrected chi connectivity index (χ2v) is 6.60. The van der Waals surface area contributed by atoms with Gasteiger partial charge in [-0.2, -0.15) is 4.98 Å². The zero-order chi connectivity index (χ0) is 19.2. The molecule has 7 heteroatoms. The predicted molar refractivity (Wildman–Crippen MR) is 109 cm³/mol. The molecule has 4 rings (SSSR count). The first kappa shape index (κ1) is 17.9. The second kappa shape index (κ2) is 8.47. The summed E-state index contributed by atoms with van der Waals surface area (Å²) in [7, 11) is 0. The molecule has 1 saturated heterocycles. The molecule has 1 fully saturated rings. The van der Waals surface area contributed by atoms with Crippen LogP contribution in [0.15, 0.2) is 60.8 Å². The van der Waals surface area contributed by atoms with Crippen molar-refractivity contribution >= 4 is 18.2 Å². The van der Waals surface area contributed by atoms with Crippen LogP contribution in [0.2, 0.25) is 0 Å². The second-order valence-electron chi connectivity index (χ2n) is 6.60. The molecule has 0 radical (unpaired) electrons. The molecule has 7 nitrogen and oxygen atoms in total. The van der Waals surface area contributed by atoms with Crippen molar-refractivity contribution in [2.45, 2.75) is 6.54 Å². The van der Waals surface area contributed by atoms with Gasteiger partial charge in [-0.1, -0.05) is 36.4 Å². The minimum Gasteiger partial charge on any atom is -0.353 e. The van der Waals surface area contributed by atoms with Gasteiger partial charge in [-0.15, -0.1) is 0 Å². The largest absolute Gasteiger partial charge is 0.353 e. The predicted octanol–water partition coefficient (Wildman–Crippen LogP) is 2.43. The fourth-order valence-corrected chi connectivity index (χ4v) is 3.16. The van der Waals surface area contributed by atoms with Gasteiger partial charge in [-0.25, -0.2) is 4.98 Å². The van der Waals surface area contributed by atoms with E-state index < -0.39 is 0 Å². The van der Waals surface area contributed by atoms with Crippen LogP contribution >= 0.6 is 0 Å². The summed E-state index contributed by atoms with van der Waals surface area (Å²) in [5.41, 5.74) is 2.84. The number of rotatable bonds is 6. The van der Waals surface area contributed by atoms with Crippen LogP contribution < -0.4 is 10.2 Å². The van der Waals surface area contributed by atoms with E-state index in [1.165, 1.54) is 0 Å². The van der Waals surface area contributed by atoms with E-state index in [0.29, 0.717) is 25.6 Å². The third-order valence-electron chi connectivity index (χ3n) is 4.72. The van der Waals surface area contributed by atoms with Crippen LogP contribution in [0.3, 0.4) is 0 Å². The molecule has 3 aromatic rings. The van der Waals surface area contributed by atoms with Crippen molar-refractivity contribution < 1.29 is 4.79 Å². The van der Waals surface area contributed by atoms with Crippen molar-refractivity contribution in [3.8, 4) is 11.3 Å². The summed E-state index contributed by atoms with van der Waals surface area (Å²) in [6, 6.07) is 17.9. The Kier molecular flexibility index (Phi) is 5.42.